The van der Waals surface area contributed by atoms with E-state index in [1.807, 2.05) is 30.3 Å². The molecule has 2 aromatic carbocycles. The Morgan fingerprint density at radius 1 is 1.03 bits per heavy atom. The van der Waals surface area contributed by atoms with E-state index in [9.17, 15) is 4.79 Å². The van der Waals surface area contributed by atoms with Crippen LogP contribution >= 0.6 is 0 Å². The molecule has 1 aliphatic rings. The average Bonchev–Trinajstić information content (AvgIpc) is 3.41. The number of methoxy groups -OCH3 is 3. The molecule has 156 valence electrons. The quantitative estimate of drug-likeness (QED) is 0.592. The number of amides is 1. The van der Waals surface area contributed by atoms with Gasteiger partial charge in [-0.25, -0.2) is 0 Å². The van der Waals surface area contributed by atoms with E-state index in [1.165, 1.54) is 0 Å². The van der Waals surface area contributed by atoms with Crippen LogP contribution in [0.15, 0.2) is 47.0 Å². The van der Waals surface area contributed by atoms with Gasteiger partial charge in [-0.15, -0.1) is 0 Å². The van der Waals surface area contributed by atoms with Crippen molar-refractivity contribution in [3.05, 3.63) is 53.9 Å². The molecular formula is C22H23N3O5. The molecular weight excluding hydrogens is 386 g/mol. The Kier molecular flexibility index (Phi) is 5.56. The van der Waals surface area contributed by atoms with E-state index in [0.29, 0.717) is 42.7 Å². The summed E-state index contributed by atoms with van der Waals surface area (Å²) in [5.74, 6) is 2.80. The van der Waals surface area contributed by atoms with Crippen LogP contribution in [0.4, 0.5) is 0 Å². The van der Waals surface area contributed by atoms with Crippen molar-refractivity contribution >= 4 is 5.91 Å². The van der Waals surface area contributed by atoms with Crippen LogP contribution in [0.1, 0.15) is 23.7 Å². The third-order valence-electron chi connectivity index (χ3n) is 5.21. The van der Waals surface area contributed by atoms with Gasteiger partial charge < -0.3 is 23.6 Å². The summed E-state index contributed by atoms with van der Waals surface area (Å²) in [6, 6.07) is 13.1. The number of aromatic nitrogens is 2. The molecule has 1 aromatic heterocycles. The SMILES string of the molecule is COc1ccccc1CN1C[C@@H](c2noc(-c3ccc(OC)c(OC)c3)n2)CC1=O. The number of rotatable bonds is 7. The summed E-state index contributed by atoms with van der Waals surface area (Å²) in [6.07, 6.45) is 0.347. The lowest BCUT2D eigenvalue weighted by Gasteiger charge is -2.17. The number of para-hydroxylation sites is 1. The zero-order chi connectivity index (χ0) is 21.1. The number of likely N-dealkylation sites (tertiary alicyclic amines) is 1. The normalized spacial score (nSPS) is 16.0. The van der Waals surface area contributed by atoms with E-state index in [2.05, 4.69) is 10.1 Å². The molecule has 1 saturated heterocycles. The Bertz CT molecular complexity index is 1050. The molecule has 2 heterocycles. The van der Waals surface area contributed by atoms with E-state index >= 15 is 0 Å². The molecule has 4 rings (SSSR count). The molecule has 1 aliphatic heterocycles. The van der Waals surface area contributed by atoms with Gasteiger partial charge >= 0.3 is 0 Å². The first kappa shape index (κ1) is 19.8. The molecule has 8 nitrogen and oxygen atoms in total. The van der Waals surface area contributed by atoms with Gasteiger partial charge in [0.25, 0.3) is 5.89 Å². The van der Waals surface area contributed by atoms with Crippen LogP contribution in [-0.2, 0) is 11.3 Å². The first-order valence-electron chi connectivity index (χ1n) is 9.58. The molecule has 8 heteroatoms. The van der Waals surface area contributed by atoms with Crippen molar-refractivity contribution in [2.45, 2.75) is 18.9 Å². The first-order chi connectivity index (χ1) is 14.6. The van der Waals surface area contributed by atoms with Crippen LogP contribution in [0.3, 0.4) is 0 Å². The summed E-state index contributed by atoms with van der Waals surface area (Å²) in [7, 11) is 4.78. The van der Waals surface area contributed by atoms with Crippen molar-refractivity contribution in [3.63, 3.8) is 0 Å². The van der Waals surface area contributed by atoms with Crippen molar-refractivity contribution in [3.8, 4) is 28.7 Å². The summed E-state index contributed by atoms with van der Waals surface area (Å²) in [5, 5.41) is 4.12. The van der Waals surface area contributed by atoms with Crippen LogP contribution in [0.5, 0.6) is 17.2 Å². The lowest BCUT2D eigenvalue weighted by atomic mass is 10.1. The highest BCUT2D eigenvalue weighted by Crippen LogP contribution is 2.34. The third kappa shape index (κ3) is 3.80. The number of carbonyl (C=O) groups is 1. The van der Waals surface area contributed by atoms with E-state index < -0.39 is 0 Å². The van der Waals surface area contributed by atoms with Crippen molar-refractivity contribution in [1.82, 2.24) is 15.0 Å². The molecule has 30 heavy (non-hydrogen) atoms. The van der Waals surface area contributed by atoms with Gasteiger partial charge in [0.1, 0.15) is 5.75 Å². The average molecular weight is 409 g/mol. The molecule has 0 aliphatic carbocycles. The highest BCUT2D eigenvalue weighted by Gasteiger charge is 2.34. The predicted octanol–water partition coefficient (Wildman–Crippen LogP) is 3.28. The number of hydrogen-bond acceptors (Lipinski definition) is 7. The number of carbonyl (C=O) groups excluding carboxylic acids is 1. The van der Waals surface area contributed by atoms with E-state index in [4.69, 9.17) is 18.7 Å². The van der Waals surface area contributed by atoms with Crippen LogP contribution in [-0.4, -0.2) is 48.8 Å². The van der Waals surface area contributed by atoms with Gasteiger partial charge in [-0.1, -0.05) is 23.4 Å². The second-order valence-electron chi connectivity index (χ2n) is 7.01. The minimum Gasteiger partial charge on any atom is -0.496 e. The standard InChI is InChI=1S/C22H23N3O5/c1-27-17-7-5-4-6-15(17)12-25-13-16(11-20(25)26)21-23-22(30-24-21)14-8-9-18(28-2)19(10-14)29-3/h4-10,16H,11-13H2,1-3H3/t16-/m0/s1. The van der Waals surface area contributed by atoms with Crippen molar-refractivity contribution in [2.24, 2.45) is 0 Å². The molecule has 0 N–H and O–H groups in total. The van der Waals surface area contributed by atoms with E-state index in [0.717, 1.165) is 16.9 Å². The number of hydrogen-bond donors (Lipinski definition) is 0. The van der Waals surface area contributed by atoms with E-state index in [-0.39, 0.29) is 11.8 Å². The smallest absolute Gasteiger partial charge is 0.258 e. The van der Waals surface area contributed by atoms with Crippen molar-refractivity contribution < 1.29 is 23.5 Å². The Hall–Kier alpha value is -3.55. The van der Waals surface area contributed by atoms with Crippen LogP contribution in [0.25, 0.3) is 11.5 Å². The highest BCUT2D eigenvalue weighted by atomic mass is 16.5. The number of ether oxygens (including phenoxy) is 3. The van der Waals surface area contributed by atoms with Gasteiger partial charge in [0.2, 0.25) is 5.91 Å². The monoisotopic (exact) mass is 409 g/mol. The Balaban J connectivity index is 1.50. The van der Waals surface area contributed by atoms with Gasteiger partial charge in [0.15, 0.2) is 17.3 Å². The van der Waals surface area contributed by atoms with Gasteiger partial charge in [0, 0.05) is 36.6 Å². The summed E-state index contributed by atoms with van der Waals surface area (Å²) in [4.78, 5) is 18.9. The zero-order valence-electron chi connectivity index (χ0n) is 17.1. The minimum atomic E-state index is -0.121. The maximum Gasteiger partial charge on any atom is 0.258 e. The maximum absolute atomic E-state index is 12.6. The second-order valence-corrected chi connectivity index (χ2v) is 7.01. The molecule has 1 fully saturated rings. The minimum absolute atomic E-state index is 0.0587. The lowest BCUT2D eigenvalue weighted by Crippen LogP contribution is -2.24. The summed E-state index contributed by atoms with van der Waals surface area (Å²) in [5.41, 5.74) is 1.69. The molecule has 0 radical (unpaired) electrons. The molecule has 0 saturated carbocycles. The summed E-state index contributed by atoms with van der Waals surface area (Å²) < 4.78 is 21.4. The van der Waals surface area contributed by atoms with Crippen LogP contribution < -0.4 is 14.2 Å². The fourth-order valence-electron chi connectivity index (χ4n) is 3.62. The maximum atomic E-state index is 12.6. The summed E-state index contributed by atoms with van der Waals surface area (Å²) >= 11 is 0. The van der Waals surface area contributed by atoms with Gasteiger partial charge in [-0.05, 0) is 24.3 Å². The fourth-order valence-corrected chi connectivity index (χ4v) is 3.62. The first-order valence-corrected chi connectivity index (χ1v) is 9.58. The molecule has 0 unspecified atom stereocenters. The van der Waals surface area contributed by atoms with Crippen LogP contribution in [0.2, 0.25) is 0 Å². The molecule has 0 spiro atoms. The Morgan fingerprint density at radius 3 is 2.57 bits per heavy atom. The molecule has 0 bridgehead atoms. The largest absolute Gasteiger partial charge is 0.496 e. The number of benzene rings is 2. The number of nitrogens with zero attached hydrogens (tertiary/aromatic N) is 3. The topological polar surface area (TPSA) is 86.9 Å². The van der Waals surface area contributed by atoms with Crippen LogP contribution in [0, 0.1) is 0 Å². The third-order valence-corrected chi connectivity index (χ3v) is 5.21. The molecule has 1 amide bonds. The lowest BCUT2D eigenvalue weighted by molar-refractivity contribution is -0.128. The highest BCUT2D eigenvalue weighted by molar-refractivity contribution is 5.79. The van der Waals surface area contributed by atoms with Crippen molar-refractivity contribution in [2.75, 3.05) is 27.9 Å². The zero-order valence-corrected chi connectivity index (χ0v) is 17.1. The van der Waals surface area contributed by atoms with Gasteiger partial charge in [0.05, 0.1) is 21.3 Å². The van der Waals surface area contributed by atoms with Gasteiger partial charge in [-0.3, -0.25) is 4.79 Å². The van der Waals surface area contributed by atoms with E-state index in [1.54, 1.807) is 38.4 Å². The predicted molar refractivity (Wildman–Crippen MR) is 109 cm³/mol. The second kappa shape index (κ2) is 8.44. The Morgan fingerprint density at radius 2 is 1.80 bits per heavy atom. The van der Waals surface area contributed by atoms with Gasteiger partial charge in [-0.2, -0.15) is 4.98 Å². The summed E-state index contributed by atoms with van der Waals surface area (Å²) in [6.45, 7) is 1.02. The van der Waals surface area contributed by atoms with Crippen molar-refractivity contribution in [1.29, 1.82) is 0 Å². The Labute approximate surface area is 174 Å². The molecule has 1 atom stereocenters. The molecule has 3 aromatic rings. The fraction of sp³-hybridized carbons (Fsp3) is 0.318.